The van der Waals surface area contributed by atoms with Gasteiger partial charge in [0.15, 0.2) is 11.5 Å². The third-order valence-electron chi connectivity index (χ3n) is 3.88. The van der Waals surface area contributed by atoms with Crippen LogP contribution in [-0.2, 0) is 0 Å². The van der Waals surface area contributed by atoms with Crippen LogP contribution in [0.2, 0.25) is 0 Å². The smallest absolute Gasteiger partial charge is 0.278 e. The van der Waals surface area contributed by atoms with Crippen molar-refractivity contribution in [3.05, 3.63) is 53.2 Å². The van der Waals surface area contributed by atoms with Gasteiger partial charge < -0.3 is 9.47 Å². The van der Waals surface area contributed by atoms with E-state index in [1.54, 1.807) is 32.7 Å². The minimum Gasteiger partial charge on any atom is -0.493 e. The van der Waals surface area contributed by atoms with Crippen LogP contribution >= 0.6 is 11.3 Å². The summed E-state index contributed by atoms with van der Waals surface area (Å²) in [4.78, 5) is 23.1. The summed E-state index contributed by atoms with van der Waals surface area (Å²) in [5, 5.41) is 2.43. The molecule has 6 nitrogen and oxygen atoms in total. The Balaban J connectivity index is 1.92. The van der Waals surface area contributed by atoms with Crippen LogP contribution in [0.15, 0.2) is 41.8 Å². The number of aryl methyl sites for hydroxylation is 1. The Morgan fingerprint density at radius 2 is 1.85 bits per heavy atom. The van der Waals surface area contributed by atoms with Gasteiger partial charge in [-0.25, -0.2) is 9.97 Å². The molecule has 3 aromatic rings. The van der Waals surface area contributed by atoms with E-state index in [-0.39, 0.29) is 5.91 Å². The minimum absolute atomic E-state index is 0.215. The average Bonchev–Trinajstić information content (AvgIpc) is 3.16. The van der Waals surface area contributed by atoms with Crippen molar-refractivity contribution in [2.45, 2.75) is 6.92 Å². The molecule has 0 N–H and O–H groups in total. The van der Waals surface area contributed by atoms with E-state index in [1.165, 1.54) is 16.2 Å². The van der Waals surface area contributed by atoms with Gasteiger partial charge in [-0.2, -0.15) is 0 Å². The summed E-state index contributed by atoms with van der Waals surface area (Å²) in [6, 6.07) is 11.1. The first-order chi connectivity index (χ1) is 12.5. The van der Waals surface area contributed by atoms with Crippen molar-refractivity contribution in [3.8, 4) is 22.1 Å². The number of benzene rings is 1. The molecule has 26 heavy (non-hydrogen) atoms. The number of anilines is 1. The molecule has 134 valence electrons. The maximum atomic E-state index is 12.8. The highest BCUT2D eigenvalue weighted by Gasteiger charge is 2.20. The Hall–Kier alpha value is -2.93. The topological polar surface area (TPSA) is 64.5 Å². The van der Waals surface area contributed by atoms with E-state index >= 15 is 0 Å². The second kappa shape index (κ2) is 7.53. The highest BCUT2D eigenvalue weighted by atomic mass is 32.1. The number of rotatable bonds is 5. The predicted octanol–water partition coefficient (Wildman–Crippen LogP) is 3.81. The van der Waals surface area contributed by atoms with Crippen LogP contribution in [0.25, 0.3) is 10.6 Å². The van der Waals surface area contributed by atoms with Gasteiger partial charge in [-0.3, -0.25) is 9.69 Å². The number of carbonyl (C=O) groups is 1. The number of hydrogen-bond acceptors (Lipinski definition) is 6. The van der Waals surface area contributed by atoms with Gasteiger partial charge in [-0.15, -0.1) is 11.3 Å². The number of nitrogens with zero attached hydrogens (tertiary/aromatic N) is 3. The van der Waals surface area contributed by atoms with Gasteiger partial charge in [0.25, 0.3) is 5.91 Å². The van der Waals surface area contributed by atoms with Crippen LogP contribution in [0.5, 0.6) is 11.5 Å². The normalized spacial score (nSPS) is 10.5. The lowest BCUT2D eigenvalue weighted by Crippen LogP contribution is -2.27. The van der Waals surface area contributed by atoms with E-state index < -0.39 is 0 Å². The lowest BCUT2D eigenvalue weighted by atomic mass is 10.2. The highest BCUT2D eigenvalue weighted by molar-refractivity contribution is 7.13. The molecule has 2 aromatic heterocycles. The fraction of sp³-hybridized carbons (Fsp3) is 0.211. The van der Waals surface area contributed by atoms with Crippen molar-refractivity contribution in [1.29, 1.82) is 0 Å². The van der Waals surface area contributed by atoms with Crippen molar-refractivity contribution in [2.75, 3.05) is 26.2 Å². The van der Waals surface area contributed by atoms with E-state index in [4.69, 9.17) is 9.47 Å². The Morgan fingerprint density at radius 3 is 2.54 bits per heavy atom. The van der Waals surface area contributed by atoms with E-state index in [0.29, 0.717) is 28.0 Å². The average molecular weight is 369 g/mol. The van der Waals surface area contributed by atoms with Crippen molar-refractivity contribution in [1.82, 2.24) is 9.97 Å². The first kappa shape index (κ1) is 17.9. The zero-order valence-corrected chi connectivity index (χ0v) is 15.8. The number of pyridine rings is 1. The Morgan fingerprint density at radius 1 is 1.08 bits per heavy atom. The number of methoxy groups -OCH3 is 2. The summed E-state index contributed by atoms with van der Waals surface area (Å²) in [5.41, 5.74) is 2.00. The molecule has 1 amide bonds. The molecule has 0 aliphatic heterocycles. The second-order valence-corrected chi connectivity index (χ2v) is 6.44. The summed E-state index contributed by atoms with van der Waals surface area (Å²) >= 11 is 1.38. The first-order valence-corrected chi connectivity index (χ1v) is 8.81. The molecule has 0 atom stereocenters. The Labute approximate surface area is 156 Å². The molecule has 7 heteroatoms. The number of hydrogen-bond donors (Lipinski definition) is 0. The number of thiazole rings is 1. The van der Waals surface area contributed by atoms with Crippen LogP contribution < -0.4 is 14.4 Å². The quantitative estimate of drug-likeness (QED) is 0.684. The Bertz CT molecular complexity index is 939. The molecular formula is C19H19N3O3S. The fourth-order valence-electron chi connectivity index (χ4n) is 2.54. The summed E-state index contributed by atoms with van der Waals surface area (Å²) in [5.74, 6) is 1.59. The van der Waals surface area contributed by atoms with Gasteiger partial charge in [0.2, 0.25) is 0 Å². The number of amides is 1. The molecule has 3 rings (SSSR count). The molecule has 0 bridgehead atoms. The van der Waals surface area contributed by atoms with E-state index in [0.717, 1.165) is 11.3 Å². The summed E-state index contributed by atoms with van der Waals surface area (Å²) in [6.45, 7) is 1.89. The standard InChI is InChI=1S/C19H19N3O3S/c1-12-7-5-10-16(20-12)22(2)19(23)14-11-26-18(21-14)13-8-6-9-15(24-3)17(13)25-4/h5-11H,1-4H3. The molecule has 0 spiro atoms. The summed E-state index contributed by atoms with van der Waals surface area (Å²) < 4.78 is 10.8. The first-order valence-electron chi connectivity index (χ1n) is 7.93. The zero-order valence-electron chi connectivity index (χ0n) is 15.0. The van der Waals surface area contributed by atoms with Crippen LogP contribution in [0.4, 0.5) is 5.82 Å². The molecule has 0 aliphatic rings. The monoisotopic (exact) mass is 369 g/mol. The molecule has 0 saturated heterocycles. The number of aromatic nitrogens is 2. The van der Waals surface area contributed by atoms with Crippen LogP contribution in [0.3, 0.4) is 0 Å². The lowest BCUT2D eigenvalue weighted by Gasteiger charge is -2.15. The fourth-order valence-corrected chi connectivity index (χ4v) is 3.36. The largest absolute Gasteiger partial charge is 0.493 e. The van der Waals surface area contributed by atoms with E-state index in [9.17, 15) is 4.79 Å². The van der Waals surface area contributed by atoms with Gasteiger partial charge in [0.1, 0.15) is 16.5 Å². The molecule has 2 heterocycles. The van der Waals surface area contributed by atoms with Crippen molar-refractivity contribution in [3.63, 3.8) is 0 Å². The molecule has 0 radical (unpaired) electrons. The molecule has 0 saturated carbocycles. The number of carbonyl (C=O) groups excluding carboxylic acids is 1. The zero-order chi connectivity index (χ0) is 18.7. The van der Waals surface area contributed by atoms with Gasteiger partial charge >= 0.3 is 0 Å². The third-order valence-corrected chi connectivity index (χ3v) is 4.75. The van der Waals surface area contributed by atoms with Gasteiger partial charge in [0, 0.05) is 18.1 Å². The SMILES string of the molecule is COc1cccc(-c2nc(C(=O)N(C)c3cccc(C)n3)cs2)c1OC. The molecule has 0 aliphatic carbocycles. The van der Waals surface area contributed by atoms with Crippen LogP contribution in [0, 0.1) is 6.92 Å². The van der Waals surface area contributed by atoms with E-state index in [2.05, 4.69) is 9.97 Å². The lowest BCUT2D eigenvalue weighted by molar-refractivity contribution is 0.0988. The second-order valence-electron chi connectivity index (χ2n) is 5.58. The van der Waals surface area contributed by atoms with Gasteiger partial charge in [-0.05, 0) is 31.2 Å². The minimum atomic E-state index is -0.215. The van der Waals surface area contributed by atoms with Crippen molar-refractivity contribution < 1.29 is 14.3 Å². The summed E-state index contributed by atoms with van der Waals surface area (Å²) in [7, 11) is 4.86. The van der Waals surface area contributed by atoms with Crippen molar-refractivity contribution in [2.24, 2.45) is 0 Å². The van der Waals surface area contributed by atoms with E-state index in [1.807, 2.05) is 37.3 Å². The maximum Gasteiger partial charge on any atom is 0.278 e. The number of ether oxygens (including phenoxy) is 2. The van der Waals surface area contributed by atoms with Gasteiger partial charge in [0.05, 0.1) is 19.8 Å². The summed E-state index contributed by atoms with van der Waals surface area (Å²) in [6.07, 6.45) is 0. The molecule has 1 aromatic carbocycles. The number of para-hydroxylation sites is 1. The molecule has 0 fully saturated rings. The third kappa shape index (κ3) is 3.39. The maximum absolute atomic E-state index is 12.8. The Kier molecular flexibility index (Phi) is 5.18. The van der Waals surface area contributed by atoms with Gasteiger partial charge in [-0.1, -0.05) is 12.1 Å². The highest BCUT2D eigenvalue weighted by Crippen LogP contribution is 2.39. The van der Waals surface area contributed by atoms with Crippen molar-refractivity contribution >= 4 is 23.1 Å². The predicted molar refractivity (Wildman–Crippen MR) is 102 cm³/mol. The van der Waals surface area contributed by atoms with Crippen LogP contribution in [-0.4, -0.2) is 37.1 Å². The van der Waals surface area contributed by atoms with Crippen LogP contribution in [0.1, 0.15) is 16.2 Å². The molecular weight excluding hydrogens is 350 g/mol. The molecule has 0 unspecified atom stereocenters.